The van der Waals surface area contributed by atoms with Gasteiger partial charge in [-0.2, -0.15) is 0 Å². The number of hydrogen-bond donors (Lipinski definition) is 2. The number of nitrogens with one attached hydrogen (secondary N) is 1. The number of phenols is 1. The number of piperazine rings is 1. The molecule has 2 fully saturated rings. The molecule has 2 N–H and O–H groups in total. The van der Waals surface area contributed by atoms with Gasteiger partial charge >= 0.3 is 0 Å². The Bertz CT molecular complexity index is 454. The van der Waals surface area contributed by atoms with E-state index in [1.54, 1.807) is 6.07 Å². The van der Waals surface area contributed by atoms with Crippen LogP contribution in [0, 0.1) is 5.92 Å². The fourth-order valence-electron chi connectivity index (χ4n) is 3.01. The van der Waals surface area contributed by atoms with Crippen molar-refractivity contribution < 1.29 is 5.11 Å². The van der Waals surface area contributed by atoms with Gasteiger partial charge in [0, 0.05) is 31.2 Å². The van der Waals surface area contributed by atoms with Gasteiger partial charge in [0.15, 0.2) is 0 Å². The highest BCUT2D eigenvalue weighted by molar-refractivity contribution is 5.27. The van der Waals surface area contributed by atoms with E-state index in [2.05, 4.69) is 30.1 Å². The maximum absolute atomic E-state index is 9.59. The van der Waals surface area contributed by atoms with Crippen LogP contribution in [0.5, 0.6) is 5.75 Å². The number of benzene rings is 1. The molecule has 3 nitrogen and oxygen atoms in total. The molecule has 19 heavy (non-hydrogen) atoms. The molecule has 1 saturated carbocycles. The number of aromatic hydroxyl groups is 1. The van der Waals surface area contributed by atoms with E-state index in [0.717, 1.165) is 25.6 Å². The van der Waals surface area contributed by atoms with Gasteiger partial charge in [0.1, 0.15) is 5.75 Å². The molecule has 2 aliphatic rings. The zero-order valence-electron chi connectivity index (χ0n) is 11.9. The minimum atomic E-state index is 0.177. The van der Waals surface area contributed by atoms with Gasteiger partial charge in [0.25, 0.3) is 0 Å². The number of hydrogen-bond acceptors (Lipinski definition) is 3. The zero-order valence-corrected chi connectivity index (χ0v) is 11.9. The minimum Gasteiger partial charge on any atom is -0.508 e. The van der Waals surface area contributed by atoms with E-state index in [-0.39, 0.29) is 5.54 Å². The third-order valence-corrected chi connectivity index (χ3v) is 4.55. The van der Waals surface area contributed by atoms with Crippen molar-refractivity contribution in [3.8, 4) is 5.75 Å². The highest BCUT2D eigenvalue weighted by atomic mass is 16.3. The lowest BCUT2D eigenvalue weighted by Crippen LogP contribution is -2.62. The molecule has 1 aromatic rings. The summed E-state index contributed by atoms with van der Waals surface area (Å²) >= 11 is 0. The summed E-state index contributed by atoms with van der Waals surface area (Å²) in [5.41, 5.74) is 1.38. The maximum Gasteiger partial charge on any atom is 0.115 e. The first-order chi connectivity index (χ1) is 9.04. The Labute approximate surface area is 115 Å². The Balaban J connectivity index is 1.72. The summed E-state index contributed by atoms with van der Waals surface area (Å²) in [5.74, 6) is 1.26. The van der Waals surface area contributed by atoms with Crippen LogP contribution in [0.4, 0.5) is 0 Å². The summed E-state index contributed by atoms with van der Waals surface area (Å²) in [7, 11) is 0. The molecule has 1 unspecified atom stereocenters. The van der Waals surface area contributed by atoms with E-state index in [1.165, 1.54) is 18.4 Å². The molecule has 1 aliphatic heterocycles. The van der Waals surface area contributed by atoms with Gasteiger partial charge < -0.3 is 10.4 Å². The Kier molecular flexibility index (Phi) is 3.27. The van der Waals surface area contributed by atoms with Crippen molar-refractivity contribution in [1.82, 2.24) is 10.2 Å². The van der Waals surface area contributed by atoms with E-state index < -0.39 is 0 Å². The largest absolute Gasteiger partial charge is 0.508 e. The van der Waals surface area contributed by atoms with Crippen LogP contribution < -0.4 is 5.32 Å². The van der Waals surface area contributed by atoms with E-state index in [4.69, 9.17) is 0 Å². The normalized spacial score (nSPS) is 27.4. The van der Waals surface area contributed by atoms with Gasteiger partial charge in [0.2, 0.25) is 0 Å². The van der Waals surface area contributed by atoms with Crippen molar-refractivity contribution in [1.29, 1.82) is 0 Å². The Morgan fingerprint density at radius 1 is 1.37 bits per heavy atom. The van der Waals surface area contributed by atoms with Crippen molar-refractivity contribution in [2.75, 3.05) is 13.1 Å². The zero-order chi connectivity index (χ0) is 13.5. The lowest BCUT2D eigenvalue weighted by molar-refractivity contribution is 0.0533. The monoisotopic (exact) mass is 260 g/mol. The van der Waals surface area contributed by atoms with Gasteiger partial charge in [-0.1, -0.05) is 12.1 Å². The standard InChI is InChI=1S/C16H24N2O/c1-16(2)11-17-15(13-6-7-13)10-18(16)9-12-4-3-5-14(19)8-12/h3-5,8,13,15,17,19H,6-7,9-11H2,1-2H3. The Hall–Kier alpha value is -1.06. The highest BCUT2D eigenvalue weighted by Crippen LogP contribution is 2.36. The second kappa shape index (κ2) is 4.80. The molecule has 3 rings (SSSR count). The van der Waals surface area contributed by atoms with Gasteiger partial charge in [0.05, 0.1) is 0 Å². The van der Waals surface area contributed by atoms with Crippen molar-refractivity contribution in [3.63, 3.8) is 0 Å². The topological polar surface area (TPSA) is 35.5 Å². The molecular formula is C16H24N2O. The van der Waals surface area contributed by atoms with Gasteiger partial charge in [-0.15, -0.1) is 0 Å². The summed E-state index contributed by atoms with van der Waals surface area (Å²) in [4.78, 5) is 2.56. The summed E-state index contributed by atoms with van der Waals surface area (Å²) in [6.45, 7) is 7.68. The second-order valence-electron chi connectivity index (χ2n) is 6.69. The van der Waals surface area contributed by atoms with Crippen LogP contribution in [-0.2, 0) is 6.54 Å². The van der Waals surface area contributed by atoms with E-state index in [0.29, 0.717) is 11.8 Å². The van der Waals surface area contributed by atoms with Crippen LogP contribution in [0.2, 0.25) is 0 Å². The van der Waals surface area contributed by atoms with Crippen molar-refractivity contribution in [2.24, 2.45) is 5.92 Å². The van der Waals surface area contributed by atoms with E-state index in [9.17, 15) is 5.11 Å². The summed E-state index contributed by atoms with van der Waals surface area (Å²) < 4.78 is 0. The van der Waals surface area contributed by atoms with Crippen LogP contribution in [0.25, 0.3) is 0 Å². The second-order valence-corrected chi connectivity index (χ2v) is 6.69. The molecule has 0 aromatic heterocycles. The van der Waals surface area contributed by atoms with Crippen molar-refractivity contribution in [3.05, 3.63) is 29.8 Å². The van der Waals surface area contributed by atoms with Crippen molar-refractivity contribution in [2.45, 2.75) is 44.8 Å². The molecule has 1 aliphatic carbocycles. The summed E-state index contributed by atoms with van der Waals surface area (Å²) in [5, 5.41) is 13.3. The van der Waals surface area contributed by atoms with Crippen LogP contribution in [0.1, 0.15) is 32.3 Å². The van der Waals surface area contributed by atoms with Gasteiger partial charge in [-0.3, -0.25) is 4.90 Å². The molecule has 0 amide bonds. The average molecular weight is 260 g/mol. The molecule has 0 radical (unpaired) electrons. The van der Waals surface area contributed by atoms with E-state index >= 15 is 0 Å². The van der Waals surface area contributed by atoms with E-state index in [1.807, 2.05) is 12.1 Å². The highest BCUT2D eigenvalue weighted by Gasteiger charge is 2.40. The predicted octanol–water partition coefficient (Wildman–Crippen LogP) is 2.35. The lowest BCUT2D eigenvalue weighted by Gasteiger charge is -2.46. The molecule has 104 valence electrons. The quantitative estimate of drug-likeness (QED) is 0.875. The summed E-state index contributed by atoms with van der Waals surface area (Å²) in [6, 6.07) is 8.30. The first kappa shape index (κ1) is 12.9. The number of nitrogens with zero attached hydrogens (tertiary/aromatic N) is 1. The first-order valence-electron chi connectivity index (χ1n) is 7.31. The lowest BCUT2D eigenvalue weighted by atomic mass is 9.95. The smallest absolute Gasteiger partial charge is 0.115 e. The van der Waals surface area contributed by atoms with Gasteiger partial charge in [-0.25, -0.2) is 0 Å². The van der Waals surface area contributed by atoms with Crippen LogP contribution in [0.3, 0.4) is 0 Å². The molecule has 3 heteroatoms. The maximum atomic E-state index is 9.59. The molecular weight excluding hydrogens is 236 g/mol. The third-order valence-electron chi connectivity index (χ3n) is 4.55. The van der Waals surface area contributed by atoms with Crippen molar-refractivity contribution >= 4 is 0 Å². The fraction of sp³-hybridized carbons (Fsp3) is 0.625. The number of phenolic OH excluding ortho intramolecular Hbond substituents is 1. The van der Waals surface area contributed by atoms with Crippen LogP contribution in [-0.4, -0.2) is 34.7 Å². The van der Waals surface area contributed by atoms with Crippen LogP contribution in [0.15, 0.2) is 24.3 Å². The predicted molar refractivity (Wildman–Crippen MR) is 77.1 cm³/mol. The molecule has 1 heterocycles. The Morgan fingerprint density at radius 2 is 2.16 bits per heavy atom. The third kappa shape index (κ3) is 2.93. The molecule has 1 atom stereocenters. The molecule has 0 bridgehead atoms. The first-order valence-corrected chi connectivity index (χ1v) is 7.31. The van der Waals surface area contributed by atoms with Gasteiger partial charge in [-0.05, 0) is 50.3 Å². The Morgan fingerprint density at radius 3 is 2.84 bits per heavy atom. The average Bonchev–Trinajstić information content (AvgIpc) is 3.16. The molecule has 1 saturated heterocycles. The minimum absolute atomic E-state index is 0.177. The fourth-order valence-corrected chi connectivity index (χ4v) is 3.01. The molecule has 0 spiro atoms. The summed E-state index contributed by atoms with van der Waals surface area (Å²) in [6.07, 6.45) is 2.77. The SMILES string of the molecule is CC1(C)CNC(C2CC2)CN1Cc1cccc(O)c1. The van der Waals surface area contributed by atoms with Crippen LogP contribution >= 0.6 is 0 Å². The number of rotatable bonds is 3. The molecule has 1 aromatic carbocycles.